The molecule has 0 unspecified atom stereocenters. The van der Waals surface area contributed by atoms with Gasteiger partial charge in [-0.05, 0) is 18.9 Å². The van der Waals surface area contributed by atoms with Crippen molar-refractivity contribution >= 4 is 11.8 Å². The minimum Gasteiger partial charge on any atom is -0.508 e. The molecule has 1 heterocycles. The van der Waals surface area contributed by atoms with Gasteiger partial charge in [-0.1, -0.05) is 43.9 Å². The van der Waals surface area contributed by atoms with E-state index >= 15 is 0 Å². The van der Waals surface area contributed by atoms with Crippen molar-refractivity contribution in [1.29, 1.82) is 0 Å². The Morgan fingerprint density at radius 1 is 1.05 bits per heavy atom. The monoisotopic (exact) mass is 287 g/mol. The van der Waals surface area contributed by atoms with Crippen LogP contribution in [0.5, 0.6) is 5.75 Å². The maximum Gasteiger partial charge on any atom is 0.236 e. The van der Waals surface area contributed by atoms with Crippen LogP contribution in [0.2, 0.25) is 0 Å². The van der Waals surface area contributed by atoms with Gasteiger partial charge in [-0.15, -0.1) is 0 Å². The van der Waals surface area contributed by atoms with Crippen LogP contribution in [-0.2, 0) is 16.1 Å². The molecule has 21 heavy (non-hydrogen) atoms. The smallest absolute Gasteiger partial charge is 0.236 e. The fraction of sp³-hybridized carbons (Fsp3) is 0.529. The second kappa shape index (κ2) is 5.51. The first-order valence-corrected chi connectivity index (χ1v) is 7.74. The van der Waals surface area contributed by atoms with Crippen molar-refractivity contribution in [2.75, 3.05) is 0 Å². The molecule has 4 heteroatoms. The Balaban J connectivity index is 1.82. The minimum atomic E-state index is -0.460. The average Bonchev–Trinajstić information content (AvgIpc) is 2.64. The SMILES string of the molecule is O=C1CC2(CCCCCC2)C(=O)N1Cc1ccccc1O. The molecule has 2 fully saturated rings. The molecule has 1 N–H and O–H groups in total. The zero-order valence-corrected chi connectivity index (χ0v) is 12.2. The van der Waals surface area contributed by atoms with Gasteiger partial charge >= 0.3 is 0 Å². The highest BCUT2D eigenvalue weighted by Gasteiger charge is 2.50. The normalized spacial score (nSPS) is 21.8. The van der Waals surface area contributed by atoms with E-state index in [-0.39, 0.29) is 24.1 Å². The Kier molecular flexibility index (Phi) is 3.70. The second-order valence-electron chi connectivity index (χ2n) is 6.29. The van der Waals surface area contributed by atoms with Crippen molar-refractivity contribution in [3.05, 3.63) is 29.8 Å². The maximum atomic E-state index is 12.8. The lowest BCUT2D eigenvalue weighted by Crippen LogP contribution is -2.35. The van der Waals surface area contributed by atoms with E-state index < -0.39 is 5.41 Å². The molecule has 1 aliphatic carbocycles. The Morgan fingerprint density at radius 2 is 1.71 bits per heavy atom. The van der Waals surface area contributed by atoms with Gasteiger partial charge in [-0.25, -0.2) is 0 Å². The van der Waals surface area contributed by atoms with Crippen molar-refractivity contribution in [1.82, 2.24) is 4.90 Å². The highest BCUT2D eigenvalue weighted by atomic mass is 16.3. The minimum absolute atomic E-state index is 0.0300. The Hall–Kier alpha value is -1.84. The van der Waals surface area contributed by atoms with E-state index in [1.807, 2.05) is 6.07 Å². The number of rotatable bonds is 2. The number of likely N-dealkylation sites (tertiary alicyclic amines) is 1. The van der Waals surface area contributed by atoms with E-state index in [1.54, 1.807) is 18.2 Å². The Labute approximate surface area is 124 Å². The summed E-state index contributed by atoms with van der Waals surface area (Å²) in [6, 6.07) is 6.89. The third kappa shape index (κ3) is 2.55. The zero-order valence-electron chi connectivity index (χ0n) is 12.2. The molecule has 112 valence electrons. The Bertz CT molecular complexity index is 559. The topological polar surface area (TPSA) is 57.6 Å². The largest absolute Gasteiger partial charge is 0.508 e. The summed E-state index contributed by atoms with van der Waals surface area (Å²) in [6.45, 7) is 0.187. The number of para-hydroxylation sites is 1. The highest BCUT2D eigenvalue weighted by molar-refractivity contribution is 6.05. The molecule has 2 aliphatic rings. The summed E-state index contributed by atoms with van der Waals surface area (Å²) in [5.41, 5.74) is 0.169. The van der Waals surface area contributed by atoms with Crippen molar-refractivity contribution in [3.8, 4) is 5.75 Å². The molecule has 0 atom stereocenters. The molecule has 0 bridgehead atoms. The Morgan fingerprint density at radius 3 is 2.38 bits per heavy atom. The number of aromatic hydroxyl groups is 1. The molecule has 0 radical (unpaired) electrons. The van der Waals surface area contributed by atoms with Crippen LogP contribution in [0.15, 0.2) is 24.3 Å². The fourth-order valence-electron chi connectivity index (χ4n) is 3.63. The lowest BCUT2D eigenvalue weighted by atomic mass is 9.79. The van der Waals surface area contributed by atoms with E-state index in [0.717, 1.165) is 38.5 Å². The van der Waals surface area contributed by atoms with Gasteiger partial charge in [0.15, 0.2) is 0 Å². The number of phenols is 1. The molecule has 1 spiro atoms. The molecular formula is C17H21NO3. The highest BCUT2D eigenvalue weighted by Crippen LogP contribution is 2.44. The standard InChI is InChI=1S/C17H21NO3/c19-14-8-4-3-7-13(14)12-18-15(20)11-17(16(18)21)9-5-1-2-6-10-17/h3-4,7-8,19H,1-2,5-6,9-12H2. The fourth-order valence-corrected chi connectivity index (χ4v) is 3.63. The van der Waals surface area contributed by atoms with Gasteiger partial charge in [0.25, 0.3) is 0 Å². The van der Waals surface area contributed by atoms with Crippen LogP contribution in [-0.4, -0.2) is 21.8 Å². The number of carbonyl (C=O) groups excluding carboxylic acids is 2. The molecule has 1 aromatic carbocycles. The summed E-state index contributed by atoms with van der Waals surface area (Å²) in [5, 5.41) is 9.84. The van der Waals surface area contributed by atoms with Gasteiger partial charge in [0, 0.05) is 12.0 Å². The summed E-state index contributed by atoms with van der Waals surface area (Å²) < 4.78 is 0. The van der Waals surface area contributed by atoms with Crippen LogP contribution in [0.4, 0.5) is 0 Å². The van der Waals surface area contributed by atoms with Gasteiger partial charge in [0.05, 0.1) is 12.0 Å². The van der Waals surface area contributed by atoms with E-state index in [2.05, 4.69) is 0 Å². The number of imide groups is 1. The van der Waals surface area contributed by atoms with Crippen LogP contribution in [0.25, 0.3) is 0 Å². The second-order valence-corrected chi connectivity index (χ2v) is 6.29. The number of carbonyl (C=O) groups is 2. The van der Waals surface area contributed by atoms with Crippen LogP contribution >= 0.6 is 0 Å². The van der Waals surface area contributed by atoms with Crippen LogP contribution in [0.3, 0.4) is 0 Å². The quantitative estimate of drug-likeness (QED) is 0.851. The number of hydrogen-bond donors (Lipinski definition) is 1. The van der Waals surface area contributed by atoms with Crippen molar-refractivity contribution in [2.45, 2.75) is 51.5 Å². The third-order valence-corrected chi connectivity index (χ3v) is 4.87. The number of hydrogen-bond acceptors (Lipinski definition) is 3. The molecule has 1 saturated heterocycles. The summed E-state index contributed by atoms with van der Waals surface area (Å²) in [5.74, 6) is 0.0164. The average molecular weight is 287 g/mol. The zero-order chi connectivity index (χ0) is 14.9. The van der Waals surface area contributed by atoms with Gasteiger partial charge < -0.3 is 5.11 Å². The van der Waals surface area contributed by atoms with E-state index in [9.17, 15) is 14.7 Å². The lowest BCUT2D eigenvalue weighted by Gasteiger charge is -2.25. The molecule has 1 aromatic rings. The summed E-state index contributed by atoms with van der Waals surface area (Å²) >= 11 is 0. The summed E-state index contributed by atoms with van der Waals surface area (Å²) in [4.78, 5) is 26.4. The predicted octanol–water partition coefficient (Wildman–Crippen LogP) is 2.99. The van der Waals surface area contributed by atoms with Crippen molar-refractivity contribution in [2.24, 2.45) is 5.41 Å². The third-order valence-electron chi connectivity index (χ3n) is 4.87. The van der Waals surface area contributed by atoms with Crippen LogP contribution < -0.4 is 0 Å². The number of nitrogens with zero attached hydrogens (tertiary/aromatic N) is 1. The van der Waals surface area contributed by atoms with Gasteiger partial charge in [-0.2, -0.15) is 0 Å². The first kappa shape index (κ1) is 14.1. The molecule has 1 saturated carbocycles. The number of phenolic OH excluding ortho intramolecular Hbond substituents is 1. The van der Waals surface area contributed by atoms with E-state index in [1.165, 1.54) is 4.90 Å². The molecular weight excluding hydrogens is 266 g/mol. The number of benzene rings is 1. The molecule has 4 nitrogen and oxygen atoms in total. The molecule has 1 aliphatic heterocycles. The first-order chi connectivity index (χ1) is 10.1. The van der Waals surface area contributed by atoms with Crippen LogP contribution in [0.1, 0.15) is 50.5 Å². The number of amides is 2. The van der Waals surface area contributed by atoms with Crippen LogP contribution in [0, 0.1) is 5.41 Å². The molecule has 2 amide bonds. The van der Waals surface area contributed by atoms with E-state index in [0.29, 0.717) is 12.0 Å². The summed E-state index contributed by atoms with van der Waals surface area (Å²) in [7, 11) is 0. The van der Waals surface area contributed by atoms with Crippen molar-refractivity contribution in [3.63, 3.8) is 0 Å². The predicted molar refractivity (Wildman–Crippen MR) is 78.4 cm³/mol. The van der Waals surface area contributed by atoms with Gasteiger partial charge in [-0.3, -0.25) is 14.5 Å². The first-order valence-electron chi connectivity index (χ1n) is 7.74. The lowest BCUT2D eigenvalue weighted by molar-refractivity contribution is -0.142. The van der Waals surface area contributed by atoms with Gasteiger partial charge in [0.2, 0.25) is 11.8 Å². The molecule has 3 rings (SSSR count). The summed E-state index contributed by atoms with van der Waals surface area (Å²) in [6.07, 6.45) is 6.38. The maximum absolute atomic E-state index is 12.8. The van der Waals surface area contributed by atoms with Crippen molar-refractivity contribution < 1.29 is 14.7 Å². The van der Waals surface area contributed by atoms with Gasteiger partial charge in [0.1, 0.15) is 5.75 Å². The molecule has 0 aromatic heterocycles. The van der Waals surface area contributed by atoms with E-state index in [4.69, 9.17) is 0 Å².